The van der Waals surface area contributed by atoms with Crippen LogP contribution in [0.2, 0.25) is 0 Å². The lowest BCUT2D eigenvalue weighted by atomic mass is 9.97. The molecule has 7 heteroatoms. The summed E-state index contributed by atoms with van der Waals surface area (Å²) >= 11 is 0. The van der Waals surface area contributed by atoms with Crippen molar-refractivity contribution in [2.45, 2.75) is 173 Å². The molecule has 0 aromatic carbocycles. The van der Waals surface area contributed by atoms with Gasteiger partial charge in [0, 0.05) is 13.0 Å². The topological polar surface area (TPSA) is 110 Å². The quantitative estimate of drug-likeness (QED) is 0.131. The summed E-state index contributed by atoms with van der Waals surface area (Å²) < 4.78 is 5.74. The van der Waals surface area contributed by atoms with Gasteiger partial charge in [0.2, 0.25) is 5.91 Å². The van der Waals surface area contributed by atoms with E-state index in [4.69, 9.17) is 4.74 Å². The van der Waals surface area contributed by atoms with Crippen molar-refractivity contribution in [3.05, 3.63) is 0 Å². The van der Waals surface area contributed by atoms with E-state index in [1.165, 1.54) is 88.4 Å². The maximum Gasteiger partial charge on any atom is 0.224 e. The van der Waals surface area contributed by atoms with Crippen LogP contribution < -0.4 is 0 Å². The van der Waals surface area contributed by atoms with Crippen LogP contribution in [-0.4, -0.2) is 75.0 Å². The Bertz CT molecular complexity index is 546. The molecule has 0 saturated carbocycles. The Kier molecular flexibility index (Phi) is 20.5. The molecule has 1 aliphatic heterocycles. The molecule has 7 nitrogen and oxygen atoms in total. The van der Waals surface area contributed by atoms with Crippen LogP contribution in [0.1, 0.15) is 142 Å². The molecule has 4 N–H and O–H groups in total. The number of rotatable bonds is 23. The van der Waals surface area contributed by atoms with Crippen molar-refractivity contribution >= 4 is 5.91 Å². The Morgan fingerprint density at radius 1 is 0.622 bits per heavy atom. The first kappa shape index (κ1) is 34.3. The number of amides is 1. The zero-order chi connectivity index (χ0) is 27.3. The second-order valence-electron chi connectivity index (χ2n) is 11.1. The van der Waals surface area contributed by atoms with Crippen molar-refractivity contribution < 1.29 is 30.0 Å². The SMILES string of the molecule is CCCCCCCCCCCCN(C(=O)CCCCCCCCCCC)[C@@H]1O[C@H](CO)[C@H](O)[C@H](O)[C@H]1O. The number of carbonyl (C=O) groups is 1. The molecule has 1 heterocycles. The molecule has 0 spiro atoms. The summed E-state index contributed by atoms with van der Waals surface area (Å²) in [6.45, 7) is 4.41. The highest BCUT2D eigenvalue weighted by molar-refractivity contribution is 5.76. The van der Waals surface area contributed by atoms with E-state index in [1.807, 2.05) is 0 Å². The van der Waals surface area contributed by atoms with Crippen LogP contribution in [0.5, 0.6) is 0 Å². The van der Waals surface area contributed by atoms with E-state index >= 15 is 0 Å². The highest BCUT2D eigenvalue weighted by Crippen LogP contribution is 2.25. The van der Waals surface area contributed by atoms with Crippen molar-refractivity contribution in [2.24, 2.45) is 0 Å². The Morgan fingerprint density at radius 2 is 1.05 bits per heavy atom. The molecule has 1 saturated heterocycles. The maximum atomic E-state index is 13.2. The summed E-state index contributed by atoms with van der Waals surface area (Å²) in [4.78, 5) is 14.7. The van der Waals surface area contributed by atoms with Gasteiger partial charge in [-0.05, 0) is 12.8 Å². The van der Waals surface area contributed by atoms with E-state index in [-0.39, 0.29) is 5.91 Å². The molecule has 0 aliphatic carbocycles. The van der Waals surface area contributed by atoms with Gasteiger partial charge < -0.3 is 30.1 Å². The van der Waals surface area contributed by atoms with Crippen molar-refractivity contribution in [3.63, 3.8) is 0 Å². The van der Waals surface area contributed by atoms with Gasteiger partial charge >= 0.3 is 0 Å². The van der Waals surface area contributed by atoms with E-state index in [9.17, 15) is 25.2 Å². The first-order valence-electron chi connectivity index (χ1n) is 15.6. The average Bonchev–Trinajstić information content (AvgIpc) is 2.90. The first-order valence-corrected chi connectivity index (χ1v) is 15.6. The van der Waals surface area contributed by atoms with Gasteiger partial charge in [-0.2, -0.15) is 0 Å². The third kappa shape index (κ3) is 14.3. The number of aliphatic hydroxyl groups excluding tert-OH is 4. The summed E-state index contributed by atoms with van der Waals surface area (Å²) in [7, 11) is 0. The Labute approximate surface area is 227 Å². The number of hydrogen-bond donors (Lipinski definition) is 4. The van der Waals surface area contributed by atoms with Gasteiger partial charge in [0.05, 0.1) is 6.61 Å². The molecule has 1 fully saturated rings. The standard InChI is InChI=1S/C30H59NO6/c1-3-5-7-9-11-13-15-17-19-21-23-31(30-29(36)28(35)27(34)25(24-32)37-30)26(33)22-20-18-16-14-12-10-8-6-4-2/h25,27-30,32,34-36H,3-24H2,1-2H3/t25-,27+,28+,29-,30-/m1/s1. The molecule has 0 aromatic rings. The Balaban J connectivity index is 2.49. The zero-order valence-corrected chi connectivity index (χ0v) is 24.0. The van der Waals surface area contributed by atoms with E-state index in [1.54, 1.807) is 0 Å². The number of aliphatic hydroxyl groups is 4. The minimum Gasteiger partial charge on any atom is -0.394 e. The molecule has 0 radical (unpaired) electrons. The number of unbranched alkanes of at least 4 members (excludes halogenated alkanes) is 17. The van der Waals surface area contributed by atoms with Crippen LogP contribution in [0, 0.1) is 0 Å². The van der Waals surface area contributed by atoms with Crippen molar-refractivity contribution in [1.29, 1.82) is 0 Å². The average molecular weight is 530 g/mol. The first-order chi connectivity index (χ1) is 18.0. The number of carbonyl (C=O) groups excluding carboxylic acids is 1. The molecule has 37 heavy (non-hydrogen) atoms. The molecular formula is C30H59NO6. The molecule has 1 rings (SSSR count). The molecule has 0 aromatic heterocycles. The summed E-state index contributed by atoms with van der Waals surface area (Å²) in [5.41, 5.74) is 0. The van der Waals surface area contributed by atoms with Gasteiger partial charge in [-0.1, -0.05) is 123 Å². The van der Waals surface area contributed by atoms with E-state index < -0.39 is 37.3 Å². The van der Waals surface area contributed by atoms with Gasteiger partial charge in [0.15, 0.2) is 6.23 Å². The number of ether oxygens (including phenoxy) is 1. The largest absolute Gasteiger partial charge is 0.394 e. The predicted octanol–water partition coefficient (Wildman–Crippen LogP) is 5.46. The van der Waals surface area contributed by atoms with Gasteiger partial charge in [-0.25, -0.2) is 0 Å². The molecule has 0 bridgehead atoms. The Morgan fingerprint density at radius 3 is 1.51 bits per heavy atom. The van der Waals surface area contributed by atoms with Crippen molar-refractivity contribution in [2.75, 3.05) is 13.2 Å². The van der Waals surface area contributed by atoms with Gasteiger partial charge in [-0.3, -0.25) is 4.79 Å². The van der Waals surface area contributed by atoms with Crippen LogP contribution in [0.4, 0.5) is 0 Å². The lowest BCUT2D eigenvalue weighted by Crippen LogP contribution is -2.64. The normalized spacial score (nSPS) is 23.9. The van der Waals surface area contributed by atoms with E-state index in [2.05, 4.69) is 13.8 Å². The number of hydrogen-bond acceptors (Lipinski definition) is 6. The minimum atomic E-state index is -1.47. The fraction of sp³-hybridized carbons (Fsp3) is 0.967. The zero-order valence-electron chi connectivity index (χ0n) is 24.0. The highest BCUT2D eigenvalue weighted by Gasteiger charge is 2.46. The van der Waals surface area contributed by atoms with E-state index in [0.29, 0.717) is 13.0 Å². The highest BCUT2D eigenvalue weighted by atomic mass is 16.6. The van der Waals surface area contributed by atoms with Crippen LogP contribution in [0.3, 0.4) is 0 Å². The Hall–Kier alpha value is -0.730. The van der Waals surface area contributed by atoms with Crippen LogP contribution >= 0.6 is 0 Å². The molecule has 1 amide bonds. The fourth-order valence-electron chi connectivity index (χ4n) is 5.23. The van der Waals surface area contributed by atoms with Gasteiger partial charge in [0.25, 0.3) is 0 Å². The van der Waals surface area contributed by atoms with Gasteiger partial charge in [0.1, 0.15) is 24.4 Å². The lowest BCUT2D eigenvalue weighted by molar-refractivity contribution is -0.262. The molecule has 220 valence electrons. The predicted molar refractivity (Wildman–Crippen MR) is 149 cm³/mol. The summed E-state index contributed by atoms with van der Waals surface area (Å²) in [6.07, 6.45) is 16.4. The van der Waals surface area contributed by atoms with Crippen LogP contribution in [-0.2, 0) is 9.53 Å². The molecular weight excluding hydrogens is 470 g/mol. The molecule has 1 aliphatic rings. The maximum absolute atomic E-state index is 13.2. The summed E-state index contributed by atoms with van der Waals surface area (Å²) in [5, 5.41) is 40.6. The van der Waals surface area contributed by atoms with Crippen molar-refractivity contribution in [3.8, 4) is 0 Å². The lowest BCUT2D eigenvalue weighted by Gasteiger charge is -2.44. The molecule has 5 atom stereocenters. The van der Waals surface area contributed by atoms with E-state index in [0.717, 1.165) is 38.5 Å². The second-order valence-corrected chi connectivity index (χ2v) is 11.1. The second kappa shape index (κ2) is 22.1. The smallest absolute Gasteiger partial charge is 0.224 e. The van der Waals surface area contributed by atoms with Gasteiger partial charge in [-0.15, -0.1) is 0 Å². The number of nitrogens with zero attached hydrogens (tertiary/aromatic N) is 1. The monoisotopic (exact) mass is 529 g/mol. The van der Waals surface area contributed by atoms with Crippen LogP contribution in [0.25, 0.3) is 0 Å². The third-order valence-electron chi connectivity index (χ3n) is 7.74. The summed E-state index contributed by atoms with van der Waals surface area (Å²) in [6, 6.07) is 0. The van der Waals surface area contributed by atoms with Crippen molar-refractivity contribution in [1.82, 2.24) is 4.90 Å². The minimum absolute atomic E-state index is 0.0943. The molecule has 0 unspecified atom stereocenters. The third-order valence-corrected chi connectivity index (χ3v) is 7.74. The van der Waals surface area contributed by atoms with Crippen LogP contribution in [0.15, 0.2) is 0 Å². The summed E-state index contributed by atoms with van der Waals surface area (Å²) in [5.74, 6) is -0.0943. The fourth-order valence-corrected chi connectivity index (χ4v) is 5.23.